The van der Waals surface area contributed by atoms with Gasteiger partial charge in [0.2, 0.25) is 0 Å². The molecule has 1 aliphatic rings. The molecule has 21 heavy (non-hydrogen) atoms. The van der Waals surface area contributed by atoms with Crippen LogP contribution in [0.1, 0.15) is 43.7 Å². The van der Waals surface area contributed by atoms with E-state index in [1.54, 1.807) is 0 Å². The molecule has 106 valence electrons. The van der Waals surface area contributed by atoms with Crippen LogP contribution >= 0.6 is 15.9 Å². The summed E-state index contributed by atoms with van der Waals surface area (Å²) in [5, 5.41) is 2.40. The van der Waals surface area contributed by atoms with Crippen LogP contribution in [0.4, 0.5) is 0 Å². The van der Waals surface area contributed by atoms with Crippen LogP contribution in [-0.2, 0) is 0 Å². The predicted molar refractivity (Wildman–Crippen MR) is 90.6 cm³/mol. The van der Waals surface area contributed by atoms with Crippen molar-refractivity contribution < 1.29 is 0 Å². The van der Waals surface area contributed by atoms with E-state index in [9.17, 15) is 0 Å². The van der Waals surface area contributed by atoms with Crippen molar-refractivity contribution >= 4 is 37.7 Å². The van der Waals surface area contributed by atoms with Gasteiger partial charge in [0.1, 0.15) is 0 Å². The Kier molecular flexibility index (Phi) is 3.38. The molecular formula is C18H17BrN2. The zero-order valence-corrected chi connectivity index (χ0v) is 13.4. The first-order chi connectivity index (χ1) is 10.3. The fourth-order valence-corrected chi connectivity index (χ4v) is 3.97. The molecule has 0 atom stereocenters. The van der Waals surface area contributed by atoms with Crippen LogP contribution in [0, 0.1) is 0 Å². The van der Waals surface area contributed by atoms with Crippen LogP contribution in [0.5, 0.6) is 0 Å². The number of aromatic nitrogens is 2. The summed E-state index contributed by atoms with van der Waals surface area (Å²) in [6.07, 6.45) is 8.52. The van der Waals surface area contributed by atoms with Crippen molar-refractivity contribution in [3.05, 3.63) is 46.7 Å². The van der Waals surface area contributed by atoms with E-state index in [1.165, 1.54) is 48.6 Å². The van der Waals surface area contributed by atoms with Gasteiger partial charge >= 0.3 is 0 Å². The van der Waals surface area contributed by atoms with Crippen molar-refractivity contribution in [1.29, 1.82) is 0 Å². The minimum Gasteiger partial charge on any atom is -0.253 e. The van der Waals surface area contributed by atoms with Crippen molar-refractivity contribution in [1.82, 2.24) is 9.97 Å². The predicted octanol–water partition coefficient (Wildman–Crippen LogP) is 5.59. The van der Waals surface area contributed by atoms with Gasteiger partial charge in [-0.1, -0.05) is 59.5 Å². The topological polar surface area (TPSA) is 25.8 Å². The zero-order valence-electron chi connectivity index (χ0n) is 11.8. The van der Waals surface area contributed by atoms with E-state index in [0.29, 0.717) is 5.92 Å². The average Bonchev–Trinajstić information content (AvgIpc) is 2.56. The first-order valence-electron chi connectivity index (χ1n) is 7.67. The number of halogens is 1. The van der Waals surface area contributed by atoms with Crippen molar-refractivity contribution in [3.63, 3.8) is 0 Å². The molecule has 3 heteroatoms. The molecule has 2 aromatic carbocycles. The van der Waals surface area contributed by atoms with E-state index < -0.39 is 0 Å². The summed E-state index contributed by atoms with van der Waals surface area (Å²) < 4.78 is 1.09. The number of rotatable bonds is 1. The number of nitrogens with zero attached hydrogens (tertiary/aromatic N) is 2. The second-order valence-electron chi connectivity index (χ2n) is 5.90. The molecule has 2 nitrogen and oxygen atoms in total. The Hall–Kier alpha value is -1.48. The van der Waals surface area contributed by atoms with Crippen LogP contribution in [0.15, 0.2) is 41.0 Å². The normalized spacial score (nSPS) is 16.6. The van der Waals surface area contributed by atoms with Crippen molar-refractivity contribution in [2.75, 3.05) is 0 Å². The SMILES string of the molecule is Brc1cc2ncc(C3CCCCC3)nc2c2ccccc12. The maximum Gasteiger partial charge on any atom is 0.0969 e. The molecule has 0 aliphatic heterocycles. The summed E-state index contributed by atoms with van der Waals surface area (Å²) in [5.41, 5.74) is 3.19. The van der Waals surface area contributed by atoms with E-state index in [1.807, 2.05) is 6.20 Å². The molecule has 1 heterocycles. The Bertz CT molecular complexity index is 807. The Labute approximate surface area is 132 Å². The molecule has 1 aromatic heterocycles. The standard InChI is InChI=1S/C18H17BrN2/c19-15-10-16-18(14-9-5-4-8-13(14)15)21-17(11-20-16)12-6-2-1-3-7-12/h4-5,8-12H,1-3,6-7H2. The summed E-state index contributed by atoms with van der Waals surface area (Å²) >= 11 is 3.65. The molecule has 1 saturated carbocycles. The third-order valence-corrected chi connectivity index (χ3v) is 5.20. The molecule has 4 rings (SSSR count). The quantitative estimate of drug-likeness (QED) is 0.539. The highest BCUT2D eigenvalue weighted by Gasteiger charge is 2.18. The monoisotopic (exact) mass is 340 g/mol. The highest BCUT2D eigenvalue weighted by molar-refractivity contribution is 9.10. The van der Waals surface area contributed by atoms with Gasteiger partial charge in [0, 0.05) is 22.0 Å². The molecule has 0 unspecified atom stereocenters. The molecule has 1 fully saturated rings. The molecule has 0 saturated heterocycles. The molecular weight excluding hydrogens is 324 g/mol. The number of hydrogen-bond acceptors (Lipinski definition) is 2. The summed E-state index contributed by atoms with van der Waals surface area (Å²) in [5.74, 6) is 0.595. The second kappa shape index (κ2) is 5.38. The third-order valence-electron chi connectivity index (χ3n) is 4.55. The highest BCUT2D eigenvalue weighted by Crippen LogP contribution is 2.34. The van der Waals surface area contributed by atoms with Gasteiger partial charge in [0.05, 0.1) is 16.7 Å². The average molecular weight is 341 g/mol. The lowest BCUT2D eigenvalue weighted by atomic mass is 9.87. The second-order valence-corrected chi connectivity index (χ2v) is 6.76. The van der Waals surface area contributed by atoms with Gasteiger partial charge in [-0.2, -0.15) is 0 Å². The van der Waals surface area contributed by atoms with E-state index in [-0.39, 0.29) is 0 Å². The molecule has 1 aliphatic carbocycles. The Morgan fingerprint density at radius 1 is 1.00 bits per heavy atom. The molecule has 0 spiro atoms. The van der Waals surface area contributed by atoms with E-state index in [4.69, 9.17) is 4.98 Å². The van der Waals surface area contributed by atoms with Gasteiger partial charge < -0.3 is 0 Å². The zero-order chi connectivity index (χ0) is 14.2. The van der Waals surface area contributed by atoms with Gasteiger partial charge in [-0.25, -0.2) is 4.98 Å². The molecule has 0 bridgehead atoms. The summed E-state index contributed by atoms with van der Waals surface area (Å²) in [6, 6.07) is 10.5. The molecule has 0 radical (unpaired) electrons. The maximum absolute atomic E-state index is 4.98. The van der Waals surface area contributed by atoms with Gasteiger partial charge in [-0.05, 0) is 24.3 Å². The first kappa shape index (κ1) is 13.2. The lowest BCUT2D eigenvalue weighted by Gasteiger charge is -2.21. The van der Waals surface area contributed by atoms with E-state index >= 15 is 0 Å². The van der Waals surface area contributed by atoms with Crippen LogP contribution in [0.3, 0.4) is 0 Å². The third kappa shape index (κ3) is 2.34. The number of fused-ring (bicyclic) bond motifs is 3. The van der Waals surface area contributed by atoms with Crippen LogP contribution in [0.2, 0.25) is 0 Å². The lowest BCUT2D eigenvalue weighted by molar-refractivity contribution is 0.436. The van der Waals surface area contributed by atoms with Crippen LogP contribution in [-0.4, -0.2) is 9.97 Å². The fourth-order valence-electron chi connectivity index (χ4n) is 3.41. The van der Waals surface area contributed by atoms with E-state index in [2.05, 4.69) is 51.2 Å². The van der Waals surface area contributed by atoms with Gasteiger partial charge in [-0.3, -0.25) is 4.98 Å². The minimum absolute atomic E-state index is 0.595. The first-order valence-corrected chi connectivity index (χ1v) is 8.46. The largest absolute Gasteiger partial charge is 0.253 e. The van der Waals surface area contributed by atoms with Crippen LogP contribution in [0.25, 0.3) is 21.8 Å². The highest BCUT2D eigenvalue weighted by atomic mass is 79.9. The van der Waals surface area contributed by atoms with Gasteiger partial charge in [-0.15, -0.1) is 0 Å². The van der Waals surface area contributed by atoms with Crippen molar-refractivity contribution in [2.24, 2.45) is 0 Å². The van der Waals surface area contributed by atoms with E-state index in [0.717, 1.165) is 15.5 Å². The molecule has 0 amide bonds. The number of hydrogen-bond donors (Lipinski definition) is 0. The minimum atomic E-state index is 0.595. The summed E-state index contributed by atoms with van der Waals surface area (Å²) in [7, 11) is 0. The Morgan fingerprint density at radius 2 is 1.76 bits per heavy atom. The Morgan fingerprint density at radius 3 is 2.57 bits per heavy atom. The Balaban J connectivity index is 1.93. The number of benzene rings is 2. The molecule has 3 aromatic rings. The fraction of sp³-hybridized carbons (Fsp3) is 0.333. The summed E-state index contributed by atoms with van der Waals surface area (Å²) in [4.78, 5) is 9.66. The summed E-state index contributed by atoms with van der Waals surface area (Å²) in [6.45, 7) is 0. The maximum atomic E-state index is 4.98. The van der Waals surface area contributed by atoms with Crippen molar-refractivity contribution in [2.45, 2.75) is 38.0 Å². The van der Waals surface area contributed by atoms with Gasteiger partial charge in [0.15, 0.2) is 0 Å². The van der Waals surface area contributed by atoms with Crippen molar-refractivity contribution in [3.8, 4) is 0 Å². The smallest absolute Gasteiger partial charge is 0.0969 e. The molecule has 0 N–H and O–H groups in total. The van der Waals surface area contributed by atoms with Gasteiger partial charge in [0.25, 0.3) is 0 Å². The lowest BCUT2D eigenvalue weighted by Crippen LogP contribution is -2.07. The van der Waals surface area contributed by atoms with Crippen LogP contribution < -0.4 is 0 Å².